The maximum atomic E-state index is 13.0. The lowest BCUT2D eigenvalue weighted by atomic mass is 9.96. The third-order valence-corrected chi connectivity index (χ3v) is 3.88. The first-order chi connectivity index (χ1) is 10.3. The second-order valence-electron chi connectivity index (χ2n) is 5.28. The van der Waals surface area contributed by atoms with Gasteiger partial charge in [0.1, 0.15) is 5.82 Å². The van der Waals surface area contributed by atoms with Crippen LogP contribution in [0.1, 0.15) is 17.2 Å². The van der Waals surface area contributed by atoms with E-state index in [0.717, 1.165) is 12.0 Å². The number of benzene rings is 3. The maximum Gasteiger partial charge on any atom is 0.123 e. The van der Waals surface area contributed by atoms with Gasteiger partial charge in [0, 0.05) is 6.04 Å². The maximum absolute atomic E-state index is 13.0. The van der Waals surface area contributed by atoms with E-state index in [1.54, 1.807) is 0 Å². The van der Waals surface area contributed by atoms with Crippen molar-refractivity contribution in [2.45, 2.75) is 12.5 Å². The zero-order chi connectivity index (χ0) is 14.7. The van der Waals surface area contributed by atoms with Gasteiger partial charge >= 0.3 is 0 Å². The molecular weight excluding hydrogens is 261 g/mol. The molecule has 0 aliphatic rings. The molecule has 0 amide bonds. The minimum absolute atomic E-state index is 0.189. The predicted octanol–water partition coefficient (Wildman–Crippen LogP) is 4.48. The summed E-state index contributed by atoms with van der Waals surface area (Å²) < 4.78 is 13.0. The number of hydrogen-bond acceptors (Lipinski definition) is 1. The summed E-state index contributed by atoms with van der Waals surface area (Å²) in [6.45, 7) is 0. The Kier molecular flexibility index (Phi) is 3.98. The standard InChI is InChI=1S/C19H18FN/c1-21-19(12-14-6-10-18(20)11-7-14)17-9-8-15-4-2-3-5-16(15)13-17/h2-11,13,19,21H,12H2,1H3. The molecule has 0 fully saturated rings. The third-order valence-electron chi connectivity index (χ3n) is 3.88. The lowest BCUT2D eigenvalue weighted by Crippen LogP contribution is -2.18. The molecule has 0 radical (unpaired) electrons. The van der Waals surface area contributed by atoms with Gasteiger partial charge in [0.25, 0.3) is 0 Å². The van der Waals surface area contributed by atoms with E-state index in [1.165, 1.54) is 28.5 Å². The Morgan fingerprint density at radius 3 is 2.33 bits per heavy atom. The molecular formula is C19H18FN. The Bertz CT molecular complexity index is 734. The number of nitrogens with one attached hydrogen (secondary N) is 1. The summed E-state index contributed by atoms with van der Waals surface area (Å²) in [5.74, 6) is -0.189. The SMILES string of the molecule is CNC(Cc1ccc(F)cc1)c1ccc2ccccc2c1. The number of rotatable bonds is 4. The van der Waals surface area contributed by atoms with E-state index >= 15 is 0 Å². The van der Waals surface area contributed by atoms with Gasteiger partial charge in [-0.05, 0) is 53.6 Å². The van der Waals surface area contributed by atoms with Crippen LogP contribution >= 0.6 is 0 Å². The van der Waals surface area contributed by atoms with Crippen molar-refractivity contribution in [3.63, 3.8) is 0 Å². The lowest BCUT2D eigenvalue weighted by molar-refractivity contribution is 0.589. The summed E-state index contributed by atoms with van der Waals surface area (Å²) in [6.07, 6.45) is 0.842. The van der Waals surface area contributed by atoms with Crippen LogP contribution in [0.2, 0.25) is 0 Å². The van der Waals surface area contributed by atoms with Gasteiger partial charge in [0.15, 0.2) is 0 Å². The van der Waals surface area contributed by atoms with Gasteiger partial charge in [0.2, 0.25) is 0 Å². The van der Waals surface area contributed by atoms with Crippen molar-refractivity contribution in [1.82, 2.24) is 5.32 Å². The van der Waals surface area contributed by atoms with E-state index in [9.17, 15) is 4.39 Å². The van der Waals surface area contributed by atoms with Gasteiger partial charge in [-0.3, -0.25) is 0 Å². The average molecular weight is 279 g/mol. The number of fused-ring (bicyclic) bond motifs is 1. The minimum Gasteiger partial charge on any atom is -0.313 e. The van der Waals surface area contributed by atoms with Crippen molar-refractivity contribution >= 4 is 10.8 Å². The molecule has 0 saturated heterocycles. The number of likely N-dealkylation sites (N-methyl/N-ethyl adjacent to an activating group) is 1. The zero-order valence-electron chi connectivity index (χ0n) is 12.0. The van der Waals surface area contributed by atoms with Crippen molar-refractivity contribution < 1.29 is 4.39 Å². The molecule has 3 aromatic carbocycles. The number of hydrogen-bond donors (Lipinski definition) is 1. The first-order valence-electron chi connectivity index (χ1n) is 7.16. The molecule has 106 valence electrons. The van der Waals surface area contributed by atoms with Crippen molar-refractivity contribution in [3.8, 4) is 0 Å². The van der Waals surface area contributed by atoms with Crippen LogP contribution in [0.3, 0.4) is 0 Å². The Labute approximate surface area is 124 Å². The van der Waals surface area contributed by atoms with Crippen LogP contribution in [0, 0.1) is 5.82 Å². The normalized spacial score (nSPS) is 12.5. The first kappa shape index (κ1) is 13.8. The molecule has 21 heavy (non-hydrogen) atoms. The summed E-state index contributed by atoms with van der Waals surface area (Å²) in [5.41, 5.74) is 2.38. The van der Waals surface area contributed by atoms with Gasteiger partial charge in [-0.25, -0.2) is 4.39 Å². The van der Waals surface area contributed by atoms with Crippen LogP contribution in [0.25, 0.3) is 10.8 Å². The lowest BCUT2D eigenvalue weighted by Gasteiger charge is -2.17. The van der Waals surface area contributed by atoms with Crippen LogP contribution in [0.5, 0.6) is 0 Å². The molecule has 1 N–H and O–H groups in total. The fourth-order valence-electron chi connectivity index (χ4n) is 2.67. The Balaban J connectivity index is 1.88. The Morgan fingerprint density at radius 1 is 0.905 bits per heavy atom. The van der Waals surface area contributed by atoms with E-state index in [0.29, 0.717) is 0 Å². The molecule has 0 bridgehead atoms. The van der Waals surface area contributed by atoms with E-state index in [4.69, 9.17) is 0 Å². The molecule has 0 aromatic heterocycles. The first-order valence-corrected chi connectivity index (χ1v) is 7.16. The van der Waals surface area contributed by atoms with Gasteiger partial charge in [-0.15, -0.1) is 0 Å². The molecule has 0 aliphatic heterocycles. The summed E-state index contributed by atoms with van der Waals surface area (Å²) in [7, 11) is 1.96. The highest BCUT2D eigenvalue weighted by Gasteiger charge is 2.10. The van der Waals surface area contributed by atoms with Crippen LogP contribution < -0.4 is 5.32 Å². The topological polar surface area (TPSA) is 12.0 Å². The highest BCUT2D eigenvalue weighted by molar-refractivity contribution is 5.83. The van der Waals surface area contributed by atoms with Gasteiger partial charge in [0.05, 0.1) is 0 Å². The van der Waals surface area contributed by atoms with E-state index in [-0.39, 0.29) is 11.9 Å². The largest absolute Gasteiger partial charge is 0.313 e. The molecule has 1 atom stereocenters. The van der Waals surface area contributed by atoms with Gasteiger partial charge < -0.3 is 5.32 Å². The highest BCUT2D eigenvalue weighted by atomic mass is 19.1. The Hall–Kier alpha value is -2.19. The average Bonchev–Trinajstić information content (AvgIpc) is 2.54. The van der Waals surface area contributed by atoms with E-state index in [1.807, 2.05) is 19.2 Å². The predicted molar refractivity (Wildman–Crippen MR) is 85.9 cm³/mol. The molecule has 3 rings (SSSR count). The summed E-state index contributed by atoms with van der Waals surface area (Å²) in [6, 6.07) is 21.8. The summed E-state index contributed by atoms with van der Waals surface area (Å²) >= 11 is 0. The number of halogens is 1. The summed E-state index contributed by atoms with van der Waals surface area (Å²) in [5, 5.41) is 5.85. The molecule has 0 heterocycles. The zero-order valence-corrected chi connectivity index (χ0v) is 12.0. The monoisotopic (exact) mass is 279 g/mol. The molecule has 1 unspecified atom stereocenters. The quantitative estimate of drug-likeness (QED) is 0.742. The summed E-state index contributed by atoms with van der Waals surface area (Å²) in [4.78, 5) is 0. The molecule has 2 heteroatoms. The van der Waals surface area contributed by atoms with Gasteiger partial charge in [-0.1, -0.05) is 48.5 Å². The third kappa shape index (κ3) is 3.11. The molecule has 3 aromatic rings. The van der Waals surface area contributed by atoms with Crippen LogP contribution in [-0.4, -0.2) is 7.05 Å². The molecule has 1 nitrogen and oxygen atoms in total. The smallest absolute Gasteiger partial charge is 0.123 e. The molecule has 0 aliphatic carbocycles. The highest BCUT2D eigenvalue weighted by Crippen LogP contribution is 2.23. The molecule has 0 spiro atoms. The van der Waals surface area contributed by atoms with Crippen LogP contribution in [0.4, 0.5) is 4.39 Å². The van der Waals surface area contributed by atoms with E-state index in [2.05, 4.69) is 47.8 Å². The van der Waals surface area contributed by atoms with Crippen LogP contribution in [-0.2, 0) is 6.42 Å². The van der Waals surface area contributed by atoms with Crippen molar-refractivity contribution in [2.75, 3.05) is 7.05 Å². The van der Waals surface area contributed by atoms with Crippen molar-refractivity contribution in [3.05, 3.63) is 83.7 Å². The van der Waals surface area contributed by atoms with Crippen LogP contribution in [0.15, 0.2) is 66.7 Å². The fourth-order valence-corrected chi connectivity index (χ4v) is 2.67. The van der Waals surface area contributed by atoms with Crippen molar-refractivity contribution in [2.24, 2.45) is 0 Å². The van der Waals surface area contributed by atoms with Crippen molar-refractivity contribution in [1.29, 1.82) is 0 Å². The van der Waals surface area contributed by atoms with E-state index < -0.39 is 0 Å². The molecule has 0 saturated carbocycles. The Morgan fingerprint density at radius 2 is 1.62 bits per heavy atom. The van der Waals surface area contributed by atoms with Gasteiger partial charge in [-0.2, -0.15) is 0 Å². The second kappa shape index (κ2) is 6.06. The fraction of sp³-hybridized carbons (Fsp3) is 0.158. The minimum atomic E-state index is -0.189. The second-order valence-corrected chi connectivity index (χ2v) is 5.28.